The van der Waals surface area contributed by atoms with E-state index in [0.717, 1.165) is 31.3 Å². The Morgan fingerprint density at radius 3 is 2.38 bits per heavy atom. The largest absolute Gasteiger partial charge is 0.487 e. The monoisotopic (exact) mass is 574 g/mol. The summed E-state index contributed by atoms with van der Waals surface area (Å²) in [6.45, 7) is 2.31. The predicted octanol–water partition coefficient (Wildman–Crippen LogP) is 7.13. The van der Waals surface area contributed by atoms with E-state index in [1.165, 1.54) is 23.9 Å². The van der Waals surface area contributed by atoms with Gasteiger partial charge in [-0.3, -0.25) is 4.79 Å². The maximum atomic E-state index is 13.1. The number of amides is 1. The highest BCUT2D eigenvalue weighted by Gasteiger charge is 2.24. The van der Waals surface area contributed by atoms with Crippen LogP contribution < -0.4 is 10.1 Å². The molecule has 32 heavy (non-hydrogen) atoms. The van der Waals surface area contributed by atoms with E-state index in [-0.39, 0.29) is 11.7 Å². The summed E-state index contributed by atoms with van der Waals surface area (Å²) in [4.78, 5) is 17.4. The molecule has 1 saturated heterocycles. The Morgan fingerprint density at radius 1 is 1.06 bits per heavy atom. The molecule has 8 heteroatoms. The van der Waals surface area contributed by atoms with E-state index in [9.17, 15) is 9.18 Å². The summed E-state index contributed by atoms with van der Waals surface area (Å²) in [5.41, 5.74) is 3.62. The third-order valence-corrected chi connectivity index (χ3v) is 6.62. The molecule has 1 amide bonds. The molecule has 0 radical (unpaired) electrons. The first-order valence-corrected chi connectivity index (χ1v) is 12.0. The summed E-state index contributed by atoms with van der Waals surface area (Å²) in [7, 11) is 0. The van der Waals surface area contributed by atoms with Crippen LogP contribution in [0.4, 0.5) is 10.1 Å². The van der Waals surface area contributed by atoms with Crippen LogP contribution in [0.25, 0.3) is 6.08 Å². The first-order chi connectivity index (χ1) is 15.4. The topological polar surface area (TPSA) is 50.7 Å². The SMILES string of the molecule is Cc1ccc(N=C2NC(=O)/C(=C\c3cc(Br)c(OCc4ccc(F)cc4)c(Br)c3)S2)cc1. The standard InChI is InChI=1S/C24H17Br2FN2O2S/c1-14-2-8-18(9-3-14)28-24-29-23(30)21(32-24)12-16-10-19(25)22(20(26)11-16)31-13-15-4-6-17(27)7-5-15/h2-12H,13H2,1H3,(H,28,29,30)/b21-12+. The number of ether oxygens (including phenoxy) is 1. The fraction of sp³-hybridized carbons (Fsp3) is 0.0833. The normalized spacial score (nSPS) is 15.9. The second-order valence-corrected chi connectivity index (χ2v) is 9.79. The Bertz CT molecular complexity index is 1200. The van der Waals surface area contributed by atoms with Gasteiger partial charge in [0.05, 0.1) is 19.5 Å². The number of hydrogen-bond donors (Lipinski definition) is 1. The van der Waals surface area contributed by atoms with Crippen LogP contribution in [0.3, 0.4) is 0 Å². The molecular formula is C24H17Br2FN2O2S. The Hall–Kier alpha value is -2.42. The first-order valence-electron chi connectivity index (χ1n) is 9.60. The maximum absolute atomic E-state index is 13.1. The van der Waals surface area contributed by atoms with Crippen LogP contribution in [0.5, 0.6) is 5.75 Å². The van der Waals surface area contributed by atoms with Crippen LogP contribution in [0, 0.1) is 12.7 Å². The molecule has 1 fully saturated rings. The lowest BCUT2D eigenvalue weighted by molar-refractivity contribution is -0.115. The molecule has 162 valence electrons. The quantitative estimate of drug-likeness (QED) is 0.329. The minimum absolute atomic E-state index is 0.190. The van der Waals surface area contributed by atoms with Crippen LogP contribution in [-0.4, -0.2) is 11.1 Å². The summed E-state index contributed by atoms with van der Waals surface area (Å²) in [6, 6.07) is 17.7. The summed E-state index contributed by atoms with van der Waals surface area (Å²) in [5, 5.41) is 3.35. The first kappa shape index (κ1) is 22.8. The fourth-order valence-electron chi connectivity index (χ4n) is 2.91. The van der Waals surface area contributed by atoms with Crippen LogP contribution in [-0.2, 0) is 11.4 Å². The van der Waals surface area contributed by atoms with Gasteiger partial charge in [0.25, 0.3) is 5.91 Å². The molecule has 0 unspecified atom stereocenters. The number of aliphatic imine (C=N–C) groups is 1. The van der Waals surface area contributed by atoms with E-state index in [1.54, 1.807) is 18.2 Å². The van der Waals surface area contributed by atoms with Gasteiger partial charge in [0.1, 0.15) is 18.2 Å². The number of rotatable bonds is 5. The molecule has 0 atom stereocenters. The smallest absolute Gasteiger partial charge is 0.264 e. The van der Waals surface area contributed by atoms with Crippen molar-refractivity contribution in [2.75, 3.05) is 0 Å². The Labute approximate surface area is 206 Å². The highest BCUT2D eigenvalue weighted by Crippen LogP contribution is 2.37. The lowest BCUT2D eigenvalue weighted by atomic mass is 10.2. The van der Waals surface area contributed by atoms with Gasteiger partial charge in [-0.15, -0.1) is 0 Å². The van der Waals surface area contributed by atoms with E-state index in [4.69, 9.17) is 4.74 Å². The molecule has 4 rings (SSSR count). The number of thioether (sulfide) groups is 1. The van der Waals surface area contributed by atoms with Crippen molar-refractivity contribution >= 4 is 66.5 Å². The molecule has 3 aromatic rings. The summed E-state index contributed by atoms with van der Waals surface area (Å²) >= 11 is 8.36. The highest BCUT2D eigenvalue weighted by atomic mass is 79.9. The molecule has 0 bridgehead atoms. The van der Waals surface area contributed by atoms with Gasteiger partial charge >= 0.3 is 0 Å². The minimum Gasteiger partial charge on any atom is -0.487 e. The fourth-order valence-corrected chi connectivity index (χ4v) is 5.20. The Kier molecular flexibility index (Phi) is 7.13. The number of hydrogen-bond acceptors (Lipinski definition) is 4. The zero-order valence-electron chi connectivity index (χ0n) is 16.9. The predicted molar refractivity (Wildman–Crippen MR) is 135 cm³/mol. The molecule has 1 N–H and O–H groups in total. The van der Waals surface area contributed by atoms with Gasteiger partial charge < -0.3 is 10.1 Å². The summed E-state index contributed by atoms with van der Waals surface area (Å²) in [6.07, 6.45) is 1.80. The molecular weight excluding hydrogens is 559 g/mol. The van der Waals surface area contributed by atoms with E-state index < -0.39 is 0 Å². The Morgan fingerprint density at radius 2 is 1.72 bits per heavy atom. The van der Waals surface area contributed by atoms with Crippen molar-refractivity contribution in [3.05, 3.63) is 97.0 Å². The molecule has 1 heterocycles. The number of carbonyl (C=O) groups is 1. The van der Waals surface area contributed by atoms with Crippen LogP contribution >= 0.6 is 43.6 Å². The van der Waals surface area contributed by atoms with Gasteiger partial charge in [0, 0.05) is 0 Å². The molecule has 0 aliphatic carbocycles. The number of carbonyl (C=O) groups excluding carboxylic acids is 1. The van der Waals surface area contributed by atoms with E-state index >= 15 is 0 Å². The van der Waals surface area contributed by atoms with Gasteiger partial charge in [-0.1, -0.05) is 29.8 Å². The van der Waals surface area contributed by atoms with Crippen LogP contribution in [0.2, 0.25) is 0 Å². The number of aryl methyl sites for hydroxylation is 1. The van der Waals surface area contributed by atoms with Crippen molar-refractivity contribution in [2.45, 2.75) is 13.5 Å². The minimum atomic E-state index is -0.283. The lowest BCUT2D eigenvalue weighted by Crippen LogP contribution is -2.19. The number of benzene rings is 3. The second kappa shape index (κ2) is 10.0. The van der Waals surface area contributed by atoms with E-state index in [1.807, 2.05) is 43.3 Å². The zero-order valence-corrected chi connectivity index (χ0v) is 20.9. The highest BCUT2D eigenvalue weighted by molar-refractivity contribution is 9.11. The molecule has 1 aliphatic rings. The van der Waals surface area contributed by atoms with Crippen molar-refractivity contribution in [3.8, 4) is 5.75 Å². The van der Waals surface area contributed by atoms with E-state index in [2.05, 4.69) is 42.2 Å². The maximum Gasteiger partial charge on any atom is 0.264 e. The molecule has 0 spiro atoms. The molecule has 1 aliphatic heterocycles. The van der Waals surface area contributed by atoms with Gasteiger partial charge in [0.2, 0.25) is 0 Å². The number of nitrogens with one attached hydrogen (secondary N) is 1. The molecule has 3 aromatic carbocycles. The van der Waals surface area contributed by atoms with Crippen molar-refractivity contribution < 1.29 is 13.9 Å². The lowest BCUT2D eigenvalue weighted by Gasteiger charge is -2.11. The average molecular weight is 576 g/mol. The van der Waals surface area contributed by atoms with Crippen molar-refractivity contribution in [2.24, 2.45) is 4.99 Å². The molecule has 0 saturated carbocycles. The third kappa shape index (κ3) is 5.68. The van der Waals surface area contributed by atoms with Crippen LogP contribution in [0.15, 0.2) is 79.5 Å². The summed E-state index contributed by atoms with van der Waals surface area (Å²) < 4.78 is 20.4. The number of amidine groups is 1. The van der Waals surface area contributed by atoms with Gasteiger partial charge in [-0.25, -0.2) is 9.38 Å². The van der Waals surface area contributed by atoms with Crippen molar-refractivity contribution in [3.63, 3.8) is 0 Å². The molecule has 4 nitrogen and oxygen atoms in total. The van der Waals surface area contributed by atoms with Gasteiger partial charge in [-0.05, 0) is 104 Å². The van der Waals surface area contributed by atoms with Crippen molar-refractivity contribution in [1.82, 2.24) is 5.32 Å². The summed E-state index contributed by atoms with van der Waals surface area (Å²) in [5.74, 6) is 0.153. The zero-order chi connectivity index (χ0) is 22.7. The van der Waals surface area contributed by atoms with Gasteiger partial charge in [0.15, 0.2) is 5.17 Å². The number of halogens is 3. The van der Waals surface area contributed by atoms with Gasteiger partial charge in [-0.2, -0.15) is 0 Å². The van der Waals surface area contributed by atoms with Crippen LogP contribution in [0.1, 0.15) is 16.7 Å². The average Bonchev–Trinajstić information content (AvgIpc) is 3.09. The Balaban J connectivity index is 1.49. The number of nitrogens with zero attached hydrogens (tertiary/aromatic N) is 1. The second-order valence-electron chi connectivity index (χ2n) is 7.05. The van der Waals surface area contributed by atoms with E-state index in [0.29, 0.717) is 22.4 Å². The van der Waals surface area contributed by atoms with Crippen molar-refractivity contribution in [1.29, 1.82) is 0 Å². The third-order valence-electron chi connectivity index (χ3n) is 4.53. The molecule has 0 aromatic heterocycles.